The maximum atomic E-state index is 6.24. The molecule has 0 unspecified atom stereocenters. The second kappa shape index (κ2) is 7.56. The number of hydrogen-bond donors (Lipinski definition) is 1. The van der Waals surface area contributed by atoms with Gasteiger partial charge in [-0.1, -0.05) is 67.9 Å². The lowest BCUT2D eigenvalue weighted by Crippen LogP contribution is -1.86. The molecule has 0 atom stereocenters. The molecule has 3 aromatic rings. The van der Waals surface area contributed by atoms with E-state index in [1.54, 1.807) is 0 Å². The van der Waals surface area contributed by atoms with Gasteiger partial charge in [-0.25, -0.2) is 0 Å². The second-order valence-electron chi connectivity index (χ2n) is 5.79. The van der Waals surface area contributed by atoms with Gasteiger partial charge >= 0.3 is 0 Å². The Bertz CT molecular complexity index is 741. The molecule has 0 aliphatic rings. The highest BCUT2D eigenvalue weighted by Crippen LogP contribution is 2.33. The van der Waals surface area contributed by atoms with Gasteiger partial charge in [0.25, 0.3) is 0 Å². The van der Waals surface area contributed by atoms with Gasteiger partial charge in [0.2, 0.25) is 0 Å². The lowest BCUT2D eigenvalue weighted by Gasteiger charge is -2.03. The van der Waals surface area contributed by atoms with Gasteiger partial charge in [0.05, 0.1) is 0 Å². The maximum absolute atomic E-state index is 6.24. The summed E-state index contributed by atoms with van der Waals surface area (Å²) in [6, 6.07) is 21.0. The van der Waals surface area contributed by atoms with Crippen LogP contribution in [0.15, 0.2) is 65.1 Å². The van der Waals surface area contributed by atoms with Crippen LogP contribution >= 0.6 is 12.6 Å². The number of rotatable bonds is 6. The second-order valence-corrected chi connectivity index (χ2v) is 6.11. The minimum Gasteiger partial charge on any atom is -0.456 e. The van der Waals surface area contributed by atoms with Crippen LogP contribution in [-0.4, -0.2) is 0 Å². The zero-order chi connectivity index (χ0) is 16.1. The molecule has 1 nitrogen and oxygen atoms in total. The molecule has 0 amide bonds. The largest absolute Gasteiger partial charge is 0.456 e. The van der Waals surface area contributed by atoms with E-state index in [-0.39, 0.29) is 0 Å². The van der Waals surface area contributed by atoms with E-state index in [1.165, 1.54) is 24.0 Å². The first-order valence-electron chi connectivity index (χ1n) is 8.20. The molecule has 118 valence electrons. The smallest absolute Gasteiger partial charge is 0.137 e. The lowest BCUT2D eigenvalue weighted by molar-refractivity contribution is 0.593. The van der Waals surface area contributed by atoms with Crippen molar-refractivity contribution in [3.63, 3.8) is 0 Å². The van der Waals surface area contributed by atoms with Crippen molar-refractivity contribution in [2.45, 2.75) is 31.9 Å². The van der Waals surface area contributed by atoms with Gasteiger partial charge in [-0.3, -0.25) is 0 Å². The topological polar surface area (TPSA) is 13.1 Å². The third kappa shape index (κ3) is 3.70. The summed E-state index contributed by atoms with van der Waals surface area (Å²) in [4.78, 5) is 0. The third-order valence-electron chi connectivity index (χ3n) is 4.07. The normalized spacial score (nSPS) is 10.9. The lowest BCUT2D eigenvalue weighted by atomic mass is 10.0. The van der Waals surface area contributed by atoms with E-state index in [2.05, 4.69) is 62.0 Å². The Kier molecular flexibility index (Phi) is 5.24. The minimum absolute atomic E-state index is 0.760. The standard InChI is InChI=1S/C21H22OS/c1-2-3-7-19-14-20(17-8-5-4-6-9-17)22-21(19)18-12-10-16(15-23)11-13-18/h4-6,8-14,23H,2-3,7,15H2,1H3. The zero-order valence-electron chi connectivity index (χ0n) is 13.5. The first-order valence-corrected chi connectivity index (χ1v) is 8.83. The Balaban J connectivity index is 2.00. The van der Waals surface area contributed by atoms with Crippen LogP contribution in [0.1, 0.15) is 30.9 Å². The average molecular weight is 322 g/mol. The number of furan rings is 1. The fourth-order valence-electron chi connectivity index (χ4n) is 2.73. The minimum atomic E-state index is 0.760. The highest BCUT2D eigenvalue weighted by atomic mass is 32.1. The molecule has 1 heterocycles. The predicted octanol–water partition coefficient (Wildman–Crippen LogP) is 6.39. The first kappa shape index (κ1) is 15.9. The molecule has 1 aromatic heterocycles. The van der Waals surface area contributed by atoms with E-state index in [4.69, 9.17) is 4.42 Å². The van der Waals surface area contributed by atoms with Crippen molar-refractivity contribution in [3.8, 4) is 22.6 Å². The van der Waals surface area contributed by atoms with Crippen molar-refractivity contribution in [2.75, 3.05) is 0 Å². The molecule has 3 rings (SSSR count). The van der Waals surface area contributed by atoms with E-state index in [0.717, 1.165) is 34.8 Å². The van der Waals surface area contributed by atoms with E-state index in [9.17, 15) is 0 Å². The van der Waals surface area contributed by atoms with Gasteiger partial charge < -0.3 is 4.42 Å². The average Bonchev–Trinajstić information content (AvgIpc) is 3.05. The Morgan fingerprint density at radius 3 is 2.30 bits per heavy atom. The van der Waals surface area contributed by atoms with Gasteiger partial charge in [-0.15, -0.1) is 0 Å². The molecule has 0 radical (unpaired) electrons. The molecule has 23 heavy (non-hydrogen) atoms. The zero-order valence-corrected chi connectivity index (χ0v) is 14.4. The predicted molar refractivity (Wildman–Crippen MR) is 101 cm³/mol. The van der Waals surface area contributed by atoms with Crippen LogP contribution in [0.25, 0.3) is 22.6 Å². The molecule has 0 aliphatic heterocycles. The van der Waals surface area contributed by atoms with Crippen molar-refractivity contribution < 1.29 is 4.42 Å². The van der Waals surface area contributed by atoms with Crippen LogP contribution in [0, 0.1) is 0 Å². The number of benzene rings is 2. The van der Waals surface area contributed by atoms with Crippen molar-refractivity contribution >= 4 is 12.6 Å². The summed E-state index contributed by atoms with van der Waals surface area (Å²) in [7, 11) is 0. The third-order valence-corrected chi connectivity index (χ3v) is 4.43. The molecule has 0 bridgehead atoms. The molecule has 0 spiro atoms. The van der Waals surface area contributed by atoms with Crippen LogP contribution in [0.4, 0.5) is 0 Å². The van der Waals surface area contributed by atoms with Crippen molar-refractivity contribution in [3.05, 3.63) is 71.8 Å². The van der Waals surface area contributed by atoms with Crippen LogP contribution in [-0.2, 0) is 12.2 Å². The summed E-state index contributed by atoms with van der Waals surface area (Å²) in [5, 5.41) is 0. The number of aryl methyl sites for hydroxylation is 1. The summed E-state index contributed by atoms with van der Waals surface area (Å²) in [5.74, 6) is 2.71. The van der Waals surface area contributed by atoms with Crippen molar-refractivity contribution in [2.24, 2.45) is 0 Å². The molecule has 0 saturated heterocycles. The van der Waals surface area contributed by atoms with Gasteiger partial charge in [0, 0.05) is 16.9 Å². The van der Waals surface area contributed by atoms with E-state index >= 15 is 0 Å². The van der Waals surface area contributed by atoms with Crippen LogP contribution in [0.3, 0.4) is 0 Å². The first-order chi connectivity index (χ1) is 11.3. The molecule has 0 saturated carbocycles. The summed E-state index contributed by atoms with van der Waals surface area (Å²) in [5.41, 5.74) is 4.79. The van der Waals surface area contributed by atoms with Crippen molar-refractivity contribution in [1.29, 1.82) is 0 Å². The fourth-order valence-corrected chi connectivity index (χ4v) is 2.94. The molecule has 0 aliphatic carbocycles. The monoisotopic (exact) mass is 322 g/mol. The van der Waals surface area contributed by atoms with Crippen LogP contribution < -0.4 is 0 Å². The Labute approximate surface area is 143 Å². The van der Waals surface area contributed by atoms with E-state index in [1.807, 2.05) is 18.2 Å². The number of thiol groups is 1. The highest BCUT2D eigenvalue weighted by Gasteiger charge is 2.14. The van der Waals surface area contributed by atoms with Crippen LogP contribution in [0.5, 0.6) is 0 Å². The molecule has 0 fully saturated rings. The maximum Gasteiger partial charge on any atom is 0.137 e. The van der Waals surface area contributed by atoms with Crippen molar-refractivity contribution in [1.82, 2.24) is 0 Å². The molecular formula is C21H22OS. The summed E-state index contributed by atoms with van der Waals surface area (Å²) >= 11 is 4.33. The fraction of sp³-hybridized carbons (Fsp3) is 0.238. The summed E-state index contributed by atoms with van der Waals surface area (Å²) in [6.07, 6.45) is 3.41. The summed E-state index contributed by atoms with van der Waals surface area (Å²) in [6.45, 7) is 2.22. The van der Waals surface area contributed by atoms with Gasteiger partial charge in [-0.05, 0) is 30.0 Å². The van der Waals surface area contributed by atoms with Gasteiger partial charge in [-0.2, -0.15) is 12.6 Å². The van der Waals surface area contributed by atoms with Gasteiger partial charge in [0.1, 0.15) is 11.5 Å². The molecular weight excluding hydrogens is 300 g/mol. The SMILES string of the molecule is CCCCc1cc(-c2ccccc2)oc1-c1ccc(CS)cc1. The molecule has 2 aromatic carbocycles. The number of hydrogen-bond acceptors (Lipinski definition) is 2. The summed E-state index contributed by atoms with van der Waals surface area (Å²) < 4.78 is 6.24. The van der Waals surface area contributed by atoms with E-state index < -0.39 is 0 Å². The van der Waals surface area contributed by atoms with E-state index in [0.29, 0.717) is 0 Å². The Hall–Kier alpha value is -1.93. The quantitative estimate of drug-likeness (QED) is 0.519. The molecule has 2 heteroatoms. The Morgan fingerprint density at radius 1 is 0.913 bits per heavy atom. The van der Waals surface area contributed by atoms with Gasteiger partial charge in [0.15, 0.2) is 0 Å². The highest BCUT2D eigenvalue weighted by molar-refractivity contribution is 7.79. The molecule has 0 N–H and O–H groups in total. The van der Waals surface area contributed by atoms with Crippen LogP contribution in [0.2, 0.25) is 0 Å². The Morgan fingerprint density at radius 2 is 1.65 bits per heavy atom. The number of unbranched alkanes of at least 4 members (excludes halogenated alkanes) is 1.